The molecule has 0 aliphatic carbocycles. The van der Waals surface area contributed by atoms with Crippen LogP contribution in [0.2, 0.25) is 0 Å². The third kappa shape index (κ3) is 12.6. The topological polar surface area (TPSA) is 67.4 Å². The summed E-state index contributed by atoms with van der Waals surface area (Å²) in [6.07, 6.45) is 8.41. The van der Waals surface area contributed by atoms with Crippen LogP contribution in [0.25, 0.3) is 0 Å². The van der Waals surface area contributed by atoms with Gasteiger partial charge in [0.05, 0.1) is 0 Å². The Hall–Kier alpha value is -2.66. The molecule has 0 fully saturated rings. The van der Waals surface area contributed by atoms with Crippen molar-refractivity contribution in [1.29, 1.82) is 0 Å². The van der Waals surface area contributed by atoms with Crippen molar-refractivity contribution in [2.24, 2.45) is 0 Å². The summed E-state index contributed by atoms with van der Waals surface area (Å²) in [6.45, 7) is 1.14. The minimum absolute atomic E-state index is 0.0749. The largest absolute Gasteiger partial charge is 0.362 e. The molecular weight excluding hydrogens is 388 g/mol. The summed E-state index contributed by atoms with van der Waals surface area (Å²) in [5.41, 5.74) is 2.70. The minimum Gasteiger partial charge on any atom is -0.362 e. The Morgan fingerprint density at radius 2 is 1.00 bits per heavy atom. The average Bonchev–Trinajstić information content (AvgIpc) is 2.80. The fourth-order valence-electron chi connectivity index (χ4n) is 3.35. The number of rotatable bonds is 16. The highest BCUT2D eigenvalue weighted by atomic mass is 16.5. The van der Waals surface area contributed by atoms with Crippen molar-refractivity contribution in [2.45, 2.75) is 51.4 Å². The van der Waals surface area contributed by atoms with Crippen molar-refractivity contribution < 1.29 is 14.3 Å². The van der Waals surface area contributed by atoms with E-state index in [0.29, 0.717) is 13.1 Å². The van der Waals surface area contributed by atoms with Crippen molar-refractivity contribution in [2.75, 3.05) is 26.3 Å². The molecule has 0 aromatic heterocycles. The number of ether oxygens (including phenoxy) is 1. The maximum Gasteiger partial charge on any atom is 0.246 e. The summed E-state index contributed by atoms with van der Waals surface area (Å²) in [4.78, 5) is 23.5. The zero-order valence-electron chi connectivity index (χ0n) is 18.5. The van der Waals surface area contributed by atoms with Crippen LogP contribution in [0.4, 0.5) is 0 Å². The number of nitrogens with one attached hydrogen (secondary N) is 2. The zero-order valence-corrected chi connectivity index (χ0v) is 18.5. The van der Waals surface area contributed by atoms with Crippen LogP contribution in [0, 0.1) is 0 Å². The van der Waals surface area contributed by atoms with E-state index in [1.54, 1.807) is 0 Å². The third-order valence-corrected chi connectivity index (χ3v) is 5.08. The second kappa shape index (κ2) is 16.1. The van der Waals surface area contributed by atoms with Gasteiger partial charge in [0.25, 0.3) is 0 Å². The van der Waals surface area contributed by atoms with Gasteiger partial charge in [-0.1, -0.05) is 73.5 Å². The predicted octanol–water partition coefficient (Wildman–Crippen LogP) is 4.06. The molecule has 0 radical (unpaired) electrons. The molecule has 5 nitrogen and oxygen atoms in total. The molecule has 0 bridgehead atoms. The minimum atomic E-state index is -0.170. The molecule has 5 heteroatoms. The first-order chi connectivity index (χ1) is 15.2. The first kappa shape index (κ1) is 24.6. The van der Waals surface area contributed by atoms with Gasteiger partial charge in [0.1, 0.15) is 13.2 Å². The van der Waals surface area contributed by atoms with Gasteiger partial charge in [0.2, 0.25) is 11.8 Å². The number of carbonyl (C=O) groups is 2. The van der Waals surface area contributed by atoms with E-state index in [0.717, 1.165) is 51.4 Å². The highest BCUT2D eigenvalue weighted by Gasteiger charge is 2.05. The van der Waals surface area contributed by atoms with Crippen LogP contribution < -0.4 is 10.6 Å². The Labute approximate surface area is 186 Å². The molecular formula is C26H36N2O3. The molecule has 0 unspecified atom stereocenters. The number of carbonyl (C=O) groups excluding carboxylic acids is 2. The summed E-state index contributed by atoms with van der Waals surface area (Å²) in [6, 6.07) is 20.8. The summed E-state index contributed by atoms with van der Waals surface area (Å²) >= 11 is 0. The number of unbranched alkanes of at least 4 members (excludes halogenated alkanes) is 4. The molecule has 2 aromatic carbocycles. The molecule has 2 amide bonds. The quantitative estimate of drug-likeness (QED) is 0.399. The van der Waals surface area contributed by atoms with Gasteiger partial charge in [-0.3, -0.25) is 9.59 Å². The second-order valence-corrected chi connectivity index (χ2v) is 7.79. The Morgan fingerprint density at radius 1 is 0.581 bits per heavy atom. The van der Waals surface area contributed by atoms with E-state index < -0.39 is 0 Å². The molecule has 2 rings (SSSR count). The van der Waals surface area contributed by atoms with Gasteiger partial charge < -0.3 is 15.4 Å². The number of aryl methyl sites for hydroxylation is 2. The second-order valence-electron chi connectivity index (χ2n) is 7.79. The molecule has 0 aliphatic heterocycles. The average molecular weight is 425 g/mol. The van der Waals surface area contributed by atoms with Crippen LogP contribution in [-0.2, 0) is 27.2 Å². The van der Waals surface area contributed by atoms with Crippen molar-refractivity contribution in [3.63, 3.8) is 0 Å². The Morgan fingerprint density at radius 3 is 1.42 bits per heavy atom. The van der Waals surface area contributed by atoms with Crippen molar-refractivity contribution >= 4 is 11.8 Å². The predicted molar refractivity (Wildman–Crippen MR) is 125 cm³/mol. The molecule has 0 atom stereocenters. The molecule has 168 valence electrons. The van der Waals surface area contributed by atoms with Gasteiger partial charge in [-0.05, 0) is 49.7 Å². The molecule has 0 saturated carbocycles. The van der Waals surface area contributed by atoms with Crippen LogP contribution in [0.1, 0.15) is 49.7 Å². The van der Waals surface area contributed by atoms with E-state index in [1.165, 1.54) is 11.1 Å². The van der Waals surface area contributed by atoms with Crippen LogP contribution in [0.3, 0.4) is 0 Å². The van der Waals surface area contributed by atoms with E-state index in [4.69, 9.17) is 4.74 Å². The lowest BCUT2D eigenvalue weighted by atomic mass is 10.1. The molecule has 0 heterocycles. The first-order valence-electron chi connectivity index (χ1n) is 11.4. The third-order valence-electron chi connectivity index (χ3n) is 5.08. The Kier molecular flexibility index (Phi) is 12.8. The first-order valence-corrected chi connectivity index (χ1v) is 11.4. The standard InChI is InChI=1S/C26H36N2O3/c29-25(27-19-11-3-9-17-23-13-5-1-6-14-23)21-31-22-26(30)28-20-12-4-10-18-24-15-7-2-8-16-24/h1-2,5-8,13-16H,3-4,9-12,17-22H2,(H,27,29)(H,28,30). The van der Waals surface area contributed by atoms with Crippen LogP contribution in [0.15, 0.2) is 60.7 Å². The Balaban J connectivity index is 1.36. The van der Waals surface area contributed by atoms with Crippen molar-refractivity contribution in [1.82, 2.24) is 10.6 Å². The lowest BCUT2D eigenvalue weighted by Crippen LogP contribution is -2.32. The van der Waals surface area contributed by atoms with Gasteiger partial charge >= 0.3 is 0 Å². The summed E-state index contributed by atoms with van der Waals surface area (Å²) in [7, 11) is 0. The van der Waals surface area contributed by atoms with Gasteiger partial charge in [-0.25, -0.2) is 0 Å². The molecule has 0 spiro atoms. The molecule has 0 aliphatic rings. The van der Waals surface area contributed by atoms with E-state index in [1.807, 2.05) is 12.1 Å². The van der Waals surface area contributed by atoms with Crippen molar-refractivity contribution in [3.05, 3.63) is 71.8 Å². The summed E-state index contributed by atoms with van der Waals surface area (Å²) in [5, 5.41) is 5.68. The molecule has 0 saturated heterocycles. The number of hydrogen-bond donors (Lipinski definition) is 2. The fourth-order valence-corrected chi connectivity index (χ4v) is 3.35. The van der Waals surface area contributed by atoms with E-state index in [-0.39, 0.29) is 25.0 Å². The van der Waals surface area contributed by atoms with Gasteiger partial charge in [0, 0.05) is 13.1 Å². The lowest BCUT2D eigenvalue weighted by molar-refractivity contribution is -0.130. The van der Waals surface area contributed by atoms with E-state index in [2.05, 4.69) is 59.2 Å². The highest BCUT2D eigenvalue weighted by Crippen LogP contribution is 2.06. The normalized spacial score (nSPS) is 10.6. The van der Waals surface area contributed by atoms with Crippen molar-refractivity contribution in [3.8, 4) is 0 Å². The molecule has 2 N–H and O–H groups in total. The summed E-state index contributed by atoms with van der Waals surface area (Å²) < 4.78 is 5.21. The van der Waals surface area contributed by atoms with E-state index >= 15 is 0 Å². The zero-order chi connectivity index (χ0) is 22.0. The van der Waals surface area contributed by atoms with Gasteiger partial charge in [-0.15, -0.1) is 0 Å². The number of benzene rings is 2. The molecule has 31 heavy (non-hydrogen) atoms. The van der Waals surface area contributed by atoms with Crippen LogP contribution >= 0.6 is 0 Å². The van der Waals surface area contributed by atoms with E-state index in [9.17, 15) is 9.59 Å². The monoisotopic (exact) mass is 424 g/mol. The fraction of sp³-hybridized carbons (Fsp3) is 0.462. The maximum atomic E-state index is 11.8. The maximum absolute atomic E-state index is 11.8. The van der Waals surface area contributed by atoms with Crippen LogP contribution in [0.5, 0.6) is 0 Å². The van der Waals surface area contributed by atoms with Gasteiger partial charge in [-0.2, -0.15) is 0 Å². The Bertz CT molecular complexity index is 671. The van der Waals surface area contributed by atoms with Crippen LogP contribution in [-0.4, -0.2) is 38.1 Å². The number of amides is 2. The SMILES string of the molecule is O=C(COCC(=O)NCCCCCc1ccccc1)NCCCCCc1ccccc1. The summed E-state index contributed by atoms with van der Waals surface area (Å²) in [5.74, 6) is -0.339. The molecule has 2 aromatic rings. The highest BCUT2D eigenvalue weighted by molar-refractivity contribution is 5.79. The lowest BCUT2D eigenvalue weighted by Gasteiger charge is -2.08. The smallest absolute Gasteiger partial charge is 0.246 e. The van der Waals surface area contributed by atoms with Gasteiger partial charge in [0.15, 0.2) is 0 Å². The number of hydrogen-bond acceptors (Lipinski definition) is 3.